The summed E-state index contributed by atoms with van der Waals surface area (Å²) in [5.74, 6) is -0.717. The molecule has 2 rings (SSSR count). The number of halogens is 4. The fraction of sp³-hybridized carbons (Fsp3) is 0.312. The molecule has 0 unspecified atom stereocenters. The molecule has 1 aliphatic heterocycles. The van der Waals surface area contributed by atoms with Crippen molar-refractivity contribution in [3.8, 4) is 18.1 Å². The molecule has 1 aromatic carbocycles. The van der Waals surface area contributed by atoms with Gasteiger partial charge in [0.05, 0.1) is 18.2 Å². The van der Waals surface area contributed by atoms with E-state index in [2.05, 4.69) is 12.0 Å². The van der Waals surface area contributed by atoms with Crippen LogP contribution in [0.2, 0.25) is 0 Å². The minimum Gasteiger partial charge on any atom is -0.481 e. The predicted molar refractivity (Wildman–Crippen MR) is 74.3 cm³/mol. The van der Waals surface area contributed by atoms with E-state index in [0.717, 1.165) is 12.1 Å². The van der Waals surface area contributed by atoms with Crippen molar-refractivity contribution in [1.29, 1.82) is 0 Å². The van der Waals surface area contributed by atoms with Crippen LogP contribution < -0.4 is 4.74 Å². The average molecular weight is 415 g/mol. The first-order chi connectivity index (χ1) is 10.9. The fourth-order valence-corrected chi connectivity index (χ4v) is 2.18. The number of amides is 1. The van der Waals surface area contributed by atoms with E-state index in [1.165, 1.54) is 0 Å². The Morgan fingerprint density at radius 1 is 1.33 bits per heavy atom. The summed E-state index contributed by atoms with van der Waals surface area (Å²) in [4.78, 5) is 12.4. The van der Waals surface area contributed by atoms with Crippen LogP contribution >= 0.6 is 0 Å². The van der Waals surface area contributed by atoms with E-state index in [1.807, 2.05) is 0 Å². The molecule has 8 heteroatoms. The van der Waals surface area contributed by atoms with Crippen LogP contribution in [0.1, 0.15) is 18.4 Å². The quantitative estimate of drug-likeness (QED) is 0.421. The number of alkyl halides is 2. The van der Waals surface area contributed by atoms with Gasteiger partial charge in [0.2, 0.25) is 5.91 Å². The van der Waals surface area contributed by atoms with Crippen molar-refractivity contribution in [1.82, 2.24) is 4.90 Å². The van der Waals surface area contributed by atoms with Crippen molar-refractivity contribution in [2.24, 2.45) is 0 Å². The number of nitrogens with zero attached hydrogens (tertiary/aromatic N) is 1. The maximum atomic E-state index is 14.2. The van der Waals surface area contributed by atoms with E-state index in [-0.39, 0.29) is 63.6 Å². The molecule has 0 saturated carbocycles. The van der Waals surface area contributed by atoms with E-state index < -0.39 is 36.1 Å². The molecule has 0 spiro atoms. The van der Waals surface area contributed by atoms with Gasteiger partial charge in [-0.05, 0) is 12.1 Å². The number of carbonyl (C=O) groups excluding carboxylic acids is 1. The number of benzene rings is 1. The van der Waals surface area contributed by atoms with Gasteiger partial charge in [0.1, 0.15) is 12.4 Å². The van der Waals surface area contributed by atoms with E-state index in [4.69, 9.17) is 11.2 Å². The Morgan fingerprint density at radius 3 is 2.50 bits per heavy atom. The van der Waals surface area contributed by atoms with Crippen LogP contribution in [0.4, 0.5) is 17.6 Å². The normalized spacial score (nSPS) is 14.1. The Balaban J connectivity index is 0.00000288. The third kappa shape index (κ3) is 4.81. The number of allylic oxidation sites excluding steroid dienone is 1. The first-order valence-corrected chi connectivity index (χ1v) is 6.69. The molecule has 0 aromatic heterocycles. The van der Waals surface area contributed by atoms with Crippen LogP contribution in [-0.2, 0) is 37.5 Å². The minimum atomic E-state index is -2.83. The predicted octanol–water partition coefficient (Wildman–Crippen LogP) is 3.01. The van der Waals surface area contributed by atoms with Crippen molar-refractivity contribution >= 4 is 11.6 Å². The molecule has 1 amide bonds. The topological polar surface area (TPSA) is 29.5 Å². The molecule has 1 radical (unpaired) electrons. The smallest absolute Gasteiger partial charge is 0.256 e. The first-order valence-electron chi connectivity index (χ1n) is 6.69. The molecule has 125 valence electrons. The Morgan fingerprint density at radius 2 is 1.96 bits per heavy atom. The molecule has 0 saturated heterocycles. The zero-order valence-electron chi connectivity index (χ0n) is 12.5. The van der Waals surface area contributed by atoms with Crippen LogP contribution in [0.5, 0.6) is 5.75 Å². The monoisotopic (exact) mass is 415 g/mol. The summed E-state index contributed by atoms with van der Waals surface area (Å²) in [6.07, 6.45) is 4.81. The van der Waals surface area contributed by atoms with Gasteiger partial charge >= 0.3 is 0 Å². The molecule has 0 N–H and O–H groups in total. The zero-order chi connectivity index (χ0) is 17.0. The van der Waals surface area contributed by atoms with Gasteiger partial charge in [-0.1, -0.05) is 11.5 Å². The molecular weight excluding hydrogens is 403 g/mol. The van der Waals surface area contributed by atoms with E-state index >= 15 is 0 Å². The second-order valence-corrected chi connectivity index (χ2v) is 4.68. The van der Waals surface area contributed by atoms with Gasteiger partial charge in [-0.3, -0.25) is 4.79 Å². The fourth-order valence-electron chi connectivity index (χ4n) is 2.18. The van der Waals surface area contributed by atoms with Crippen molar-refractivity contribution < 1.29 is 59.8 Å². The number of hydrogen-bond acceptors (Lipinski definition) is 2. The maximum absolute atomic E-state index is 14.2. The maximum Gasteiger partial charge on any atom is 0.256 e. The van der Waals surface area contributed by atoms with Gasteiger partial charge in [0, 0.05) is 39.1 Å². The second kappa shape index (κ2) is 9.19. The molecule has 1 heterocycles. The molecule has 0 fully saturated rings. The SMILES string of the molecule is C#CCOc1cc(F)c(C2=[C-]CCC(=O)N2CC(F)F)c(F)c1.[Y]. The van der Waals surface area contributed by atoms with Gasteiger partial charge in [-0.15, -0.1) is 18.5 Å². The van der Waals surface area contributed by atoms with Crippen LogP contribution in [-0.4, -0.2) is 30.4 Å². The molecule has 1 aliphatic rings. The van der Waals surface area contributed by atoms with Gasteiger partial charge < -0.3 is 9.64 Å². The second-order valence-electron chi connectivity index (χ2n) is 4.68. The summed E-state index contributed by atoms with van der Waals surface area (Å²) in [6.45, 7) is -1.13. The van der Waals surface area contributed by atoms with Crippen LogP contribution in [0.25, 0.3) is 5.70 Å². The molecule has 1 aromatic rings. The standard InChI is InChI=1S/C16H12F4NO2.Y/c1-2-6-23-10-7-11(17)16(12(18)8-10)13-4-3-5-15(22)21(13)9-14(19)20;/h1,7-8,14H,3,5-6,9H2;/q-1;. The zero-order valence-corrected chi connectivity index (χ0v) is 15.3. The van der Waals surface area contributed by atoms with E-state index in [0.29, 0.717) is 4.90 Å². The summed E-state index contributed by atoms with van der Waals surface area (Å²) in [5, 5.41) is 0. The number of carbonyl (C=O) groups is 1. The van der Waals surface area contributed by atoms with Crippen molar-refractivity contribution in [2.45, 2.75) is 19.3 Å². The summed E-state index contributed by atoms with van der Waals surface area (Å²) >= 11 is 0. The summed E-state index contributed by atoms with van der Waals surface area (Å²) < 4.78 is 58.6. The van der Waals surface area contributed by atoms with Gasteiger partial charge in [0.25, 0.3) is 6.43 Å². The van der Waals surface area contributed by atoms with Crippen LogP contribution in [0.15, 0.2) is 12.1 Å². The van der Waals surface area contributed by atoms with E-state index in [9.17, 15) is 22.4 Å². The van der Waals surface area contributed by atoms with Crippen molar-refractivity contribution in [3.63, 3.8) is 0 Å². The Labute approximate surface area is 161 Å². The Hall–Kier alpha value is -1.39. The molecule has 24 heavy (non-hydrogen) atoms. The molecule has 0 aliphatic carbocycles. The number of hydrogen-bond donors (Lipinski definition) is 0. The van der Waals surface area contributed by atoms with E-state index in [1.54, 1.807) is 0 Å². The Kier molecular flexibility index (Phi) is 7.91. The molecule has 0 bridgehead atoms. The molecule has 3 nitrogen and oxygen atoms in total. The third-order valence-electron chi connectivity index (χ3n) is 3.10. The number of rotatable bonds is 5. The number of ether oxygens (including phenoxy) is 1. The third-order valence-corrected chi connectivity index (χ3v) is 3.10. The van der Waals surface area contributed by atoms with Gasteiger partial charge in [0.15, 0.2) is 0 Å². The van der Waals surface area contributed by atoms with Crippen LogP contribution in [0, 0.1) is 30.1 Å². The summed E-state index contributed by atoms with van der Waals surface area (Å²) in [5.41, 5.74) is -0.910. The minimum absolute atomic E-state index is 0. The van der Waals surface area contributed by atoms with Crippen molar-refractivity contribution in [3.05, 3.63) is 35.4 Å². The summed E-state index contributed by atoms with van der Waals surface area (Å²) in [6, 6.07) is 1.76. The largest absolute Gasteiger partial charge is 0.481 e. The van der Waals surface area contributed by atoms with Crippen molar-refractivity contribution in [2.75, 3.05) is 13.2 Å². The summed E-state index contributed by atoms with van der Waals surface area (Å²) in [7, 11) is 0. The Bertz CT molecular complexity index is 662. The first kappa shape index (κ1) is 20.7. The number of terminal acetylenes is 1. The molecular formula is C16H12F4NO2Y-. The molecule has 0 atom stereocenters. The van der Waals surface area contributed by atoms with Crippen LogP contribution in [0.3, 0.4) is 0 Å². The average Bonchev–Trinajstić information content (AvgIpc) is 2.47. The van der Waals surface area contributed by atoms with Gasteiger partial charge in [-0.25, -0.2) is 23.6 Å². The van der Waals surface area contributed by atoms with Gasteiger partial charge in [-0.2, -0.15) is 0 Å².